The Labute approximate surface area is 107 Å². The van der Waals surface area contributed by atoms with E-state index in [1.807, 2.05) is 6.92 Å². The molecule has 18 heavy (non-hydrogen) atoms. The van der Waals surface area contributed by atoms with E-state index in [1.165, 1.54) is 0 Å². The maximum absolute atomic E-state index is 5.84. The SMILES string of the molecule is CCc1nn(-c2ccc(Cl)nn2)c2n[nH]c(N)c12. The van der Waals surface area contributed by atoms with Crippen molar-refractivity contribution in [1.29, 1.82) is 0 Å². The van der Waals surface area contributed by atoms with E-state index in [9.17, 15) is 0 Å². The van der Waals surface area contributed by atoms with Crippen molar-refractivity contribution in [2.75, 3.05) is 5.73 Å². The van der Waals surface area contributed by atoms with Crippen molar-refractivity contribution in [2.24, 2.45) is 0 Å². The Morgan fingerprint density at radius 3 is 2.89 bits per heavy atom. The molecule has 0 aromatic carbocycles. The zero-order chi connectivity index (χ0) is 12.7. The average Bonchev–Trinajstić information content (AvgIpc) is 2.92. The van der Waals surface area contributed by atoms with Gasteiger partial charge in [-0.05, 0) is 18.6 Å². The van der Waals surface area contributed by atoms with Gasteiger partial charge < -0.3 is 5.73 Å². The first-order chi connectivity index (χ1) is 8.70. The maximum Gasteiger partial charge on any atom is 0.188 e. The fourth-order valence-electron chi connectivity index (χ4n) is 1.83. The van der Waals surface area contributed by atoms with Crippen LogP contribution in [0.4, 0.5) is 5.82 Å². The normalized spacial score (nSPS) is 11.2. The highest BCUT2D eigenvalue weighted by atomic mass is 35.5. The van der Waals surface area contributed by atoms with Crippen molar-refractivity contribution in [3.8, 4) is 5.82 Å². The topological polar surface area (TPSA) is 98.3 Å². The lowest BCUT2D eigenvalue weighted by Crippen LogP contribution is -2.02. The predicted octanol–water partition coefficient (Wildman–Crippen LogP) is 1.34. The summed E-state index contributed by atoms with van der Waals surface area (Å²) in [6, 6.07) is 3.38. The summed E-state index contributed by atoms with van der Waals surface area (Å²) in [7, 11) is 0. The third-order valence-corrected chi connectivity index (χ3v) is 2.86. The summed E-state index contributed by atoms with van der Waals surface area (Å²) in [5.74, 6) is 1.06. The molecule has 3 N–H and O–H groups in total. The van der Waals surface area contributed by atoms with Crippen LogP contribution in [0.2, 0.25) is 5.15 Å². The van der Waals surface area contributed by atoms with Crippen LogP contribution in [0.3, 0.4) is 0 Å². The summed E-state index contributed by atoms with van der Waals surface area (Å²) in [5, 5.41) is 20.2. The molecule has 0 unspecified atom stereocenters. The molecule has 0 aliphatic heterocycles. The summed E-state index contributed by atoms with van der Waals surface area (Å²) in [6.07, 6.45) is 0.758. The van der Waals surface area contributed by atoms with Crippen molar-refractivity contribution in [3.05, 3.63) is 23.0 Å². The Hall–Kier alpha value is -2.15. The van der Waals surface area contributed by atoms with Gasteiger partial charge in [-0.25, -0.2) is 0 Å². The summed E-state index contributed by atoms with van der Waals surface area (Å²) in [4.78, 5) is 0. The number of fused-ring (bicyclic) bond motifs is 1. The number of nitrogens with one attached hydrogen (secondary N) is 1. The van der Waals surface area contributed by atoms with Crippen LogP contribution >= 0.6 is 11.6 Å². The maximum atomic E-state index is 5.84. The van der Waals surface area contributed by atoms with Gasteiger partial charge in [0.2, 0.25) is 0 Å². The first-order valence-corrected chi connectivity index (χ1v) is 5.79. The molecule has 7 nitrogen and oxygen atoms in total. The second kappa shape index (κ2) is 3.95. The number of hydrogen-bond acceptors (Lipinski definition) is 5. The predicted molar refractivity (Wildman–Crippen MR) is 67.6 cm³/mol. The van der Waals surface area contributed by atoms with Crippen LogP contribution in [0.15, 0.2) is 12.1 Å². The van der Waals surface area contributed by atoms with Gasteiger partial charge >= 0.3 is 0 Å². The summed E-state index contributed by atoms with van der Waals surface area (Å²) in [6.45, 7) is 2.01. The fraction of sp³-hybridized carbons (Fsp3) is 0.200. The number of halogens is 1. The number of H-pyrrole nitrogens is 1. The van der Waals surface area contributed by atoms with Crippen LogP contribution < -0.4 is 5.73 Å². The number of hydrogen-bond donors (Lipinski definition) is 2. The molecule has 3 aromatic heterocycles. The number of aryl methyl sites for hydroxylation is 1. The Balaban J connectivity index is 2.26. The zero-order valence-electron chi connectivity index (χ0n) is 9.55. The molecule has 0 saturated heterocycles. The molecule has 0 amide bonds. The number of anilines is 1. The summed E-state index contributed by atoms with van der Waals surface area (Å²) < 4.78 is 1.60. The second-order valence-corrected chi connectivity index (χ2v) is 4.15. The van der Waals surface area contributed by atoms with E-state index < -0.39 is 0 Å². The highest BCUT2D eigenvalue weighted by molar-refractivity contribution is 6.29. The van der Waals surface area contributed by atoms with Crippen molar-refractivity contribution in [3.63, 3.8) is 0 Å². The Morgan fingerprint density at radius 2 is 2.22 bits per heavy atom. The molecule has 0 saturated carbocycles. The Morgan fingerprint density at radius 1 is 1.39 bits per heavy atom. The monoisotopic (exact) mass is 263 g/mol. The number of nitrogens with zero attached hydrogens (tertiary/aromatic N) is 5. The quantitative estimate of drug-likeness (QED) is 0.727. The van der Waals surface area contributed by atoms with E-state index in [2.05, 4.69) is 25.5 Å². The summed E-state index contributed by atoms with van der Waals surface area (Å²) >= 11 is 5.71. The molecule has 92 valence electrons. The number of nitrogen functional groups attached to an aromatic ring is 1. The van der Waals surface area contributed by atoms with Crippen molar-refractivity contribution < 1.29 is 0 Å². The molecule has 0 atom stereocenters. The lowest BCUT2D eigenvalue weighted by molar-refractivity contribution is 0.797. The minimum Gasteiger partial charge on any atom is -0.383 e. The first kappa shape index (κ1) is 11.0. The van der Waals surface area contributed by atoms with E-state index in [4.69, 9.17) is 17.3 Å². The van der Waals surface area contributed by atoms with E-state index >= 15 is 0 Å². The number of aromatic nitrogens is 6. The molecule has 0 spiro atoms. The van der Waals surface area contributed by atoms with Gasteiger partial charge in [0.05, 0.1) is 11.1 Å². The van der Waals surface area contributed by atoms with Gasteiger partial charge in [0.25, 0.3) is 0 Å². The van der Waals surface area contributed by atoms with Crippen LogP contribution in [-0.4, -0.2) is 30.2 Å². The molecule has 0 aliphatic carbocycles. The van der Waals surface area contributed by atoms with Crippen molar-refractivity contribution in [1.82, 2.24) is 30.2 Å². The zero-order valence-corrected chi connectivity index (χ0v) is 10.3. The molecule has 3 rings (SSSR count). The third kappa shape index (κ3) is 1.52. The molecular formula is C10H10ClN7. The highest BCUT2D eigenvalue weighted by Crippen LogP contribution is 2.24. The average molecular weight is 264 g/mol. The minimum absolute atomic E-state index is 0.333. The van der Waals surface area contributed by atoms with Crippen molar-refractivity contribution >= 4 is 28.5 Å². The van der Waals surface area contributed by atoms with E-state index in [0.717, 1.165) is 17.5 Å². The lowest BCUT2D eigenvalue weighted by atomic mass is 10.2. The van der Waals surface area contributed by atoms with E-state index in [-0.39, 0.29) is 0 Å². The van der Waals surface area contributed by atoms with Gasteiger partial charge in [0, 0.05) is 0 Å². The van der Waals surface area contributed by atoms with Gasteiger partial charge in [-0.3, -0.25) is 5.10 Å². The van der Waals surface area contributed by atoms with E-state index in [0.29, 0.717) is 22.4 Å². The van der Waals surface area contributed by atoms with E-state index in [1.54, 1.807) is 16.8 Å². The van der Waals surface area contributed by atoms with Crippen LogP contribution in [0.5, 0.6) is 0 Å². The fourth-order valence-corrected chi connectivity index (χ4v) is 1.93. The standard InChI is InChI=1S/C10H10ClN7/c1-2-5-8-9(12)15-16-10(8)18(17-5)7-4-3-6(11)13-14-7/h3-4H,2H2,1H3,(H3,12,15,16). The smallest absolute Gasteiger partial charge is 0.188 e. The van der Waals surface area contributed by atoms with Gasteiger partial charge in [-0.15, -0.1) is 10.2 Å². The lowest BCUT2D eigenvalue weighted by Gasteiger charge is -1.98. The molecule has 3 heterocycles. The highest BCUT2D eigenvalue weighted by Gasteiger charge is 2.17. The molecule has 3 aromatic rings. The van der Waals surface area contributed by atoms with Crippen LogP contribution in [0, 0.1) is 0 Å². The van der Waals surface area contributed by atoms with Gasteiger partial charge in [-0.1, -0.05) is 18.5 Å². The van der Waals surface area contributed by atoms with Gasteiger partial charge in [0.1, 0.15) is 5.82 Å². The number of nitrogens with two attached hydrogens (primary N) is 1. The molecule has 0 bridgehead atoms. The van der Waals surface area contributed by atoms with Crippen molar-refractivity contribution in [2.45, 2.75) is 13.3 Å². The van der Waals surface area contributed by atoms with Crippen LogP contribution in [-0.2, 0) is 6.42 Å². The van der Waals surface area contributed by atoms with Gasteiger partial charge in [-0.2, -0.15) is 14.9 Å². The molecule has 0 fully saturated rings. The minimum atomic E-state index is 0.333. The molecule has 8 heteroatoms. The van der Waals surface area contributed by atoms with Crippen LogP contribution in [0.1, 0.15) is 12.6 Å². The number of aromatic amines is 1. The number of rotatable bonds is 2. The molecule has 0 radical (unpaired) electrons. The summed E-state index contributed by atoms with van der Waals surface area (Å²) in [5.41, 5.74) is 7.35. The molecule has 0 aliphatic rings. The Bertz CT molecular complexity index is 697. The van der Waals surface area contributed by atoms with Gasteiger partial charge in [0.15, 0.2) is 16.6 Å². The largest absolute Gasteiger partial charge is 0.383 e. The Kier molecular flexibility index (Phi) is 2.41. The second-order valence-electron chi connectivity index (χ2n) is 3.76. The van der Waals surface area contributed by atoms with Crippen LogP contribution in [0.25, 0.3) is 16.9 Å². The first-order valence-electron chi connectivity index (χ1n) is 5.41. The third-order valence-electron chi connectivity index (χ3n) is 2.65. The molecular weight excluding hydrogens is 254 g/mol.